The monoisotopic (exact) mass is 267 g/mol. The Kier molecular flexibility index (Phi) is 4.13. The van der Waals surface area contributed by atoms with E-state index in [4.69, 9.17) is 11.6 Å². The highest BCUT2D eigenvalue weighted by Crippen LogP contribution is 2.37. The van der Waals surface area contributed by atoms with E-state index < -0.39 is 0 Å². The molecule has 0 atom stereocenters. The van der Waals surface area contributed by atoms with Gasteiger partial charge in [-0.2, -0.15) is 0 Å². The number of anilines is 1. The first-order chi connectivity index (χ1) is 8.57. The minimum absolute atomic E-state index is 0.327. The quantitative estimate of drug-likeness (QED) is 0.765. The molecular weight excluding hydrogens is 246 g/mol. The molecule has 1 aromatic rings. The highest BCUT2D eigenvalue weighted by Gasteiger charge is 2.40. The molecule has 1 saturated carbocycles. The van der Waals surface area contributed by atoms with Gasteiger partial charge in [-0.3, -0.25) is 0 Å². The van der Waals surface area contributed by atoms with Crippen LogP contribution in [0.25, 0.3) is 0 Å². The maximum Gasteiger partial charge on any atom is 0.128 e. The summed E-state index contributed by atoms with van der Waals surface area (Å²) >= 11 is 5.84. The van der Waals surface area contributed by atoms with Gasteiger partial charge < -0.3 is 9.80 Å². The maximum atomic E-state index is 5.84. The molecule has 1 aliphatic carbocycles. The third kappa shape index (κ3) is 2.62. The van der Waals surface area contributed by atoms with Gasteiger partial charge in [-0.1, -0.05) is 6.07 Å². The van der Waals surface area contributed by atoms with E-state index in [0.717, 1.165) is 18.1 Å². The Morgan fingerprint density at radius 1 is 1.28 bits per heavy atom. The fourth-order valence-corrected chi connectivity index (χ4v) is 2.76. The molecule has 0 unspecified atom stereocenters. The number of aromatic nitrogens is 1. The summed E-state index contributed by atoms with van der Waals surface area (Å²) in [4.78, 5) is 9.17. The Bertz CT molecular complexity index is 402. The third-order valence-corrected chi connectivity index (χ3v) is 4.36. The van der Waals surface area contributed by atoms with Crippen LogP contribution in [0.1, 0.15) is 25.0 Å². The second-order valence-electron chi connectivity index (χ2n) is 5.45. The second-order valence-corrected chi connectivity index (χ2v) is 5.72. The third-order valence-electron chi connectivity index (χ3n) is 4.08. The van der Waals surface area contributed by atoms with Gasteiger partial charge in [0, 0.05) is 19.1 Å². The zero-order valence-corrected chi connectivity index (χ0v) is 12.2. The zero-order chi connectivity index (χ0) is 13.2. The SMILES string of the molecule is CN(CC1(N(C)C)CCC1)c1cccc(CCl)n1. The summed E-state index contributed by atoms with van der Waals surface area (Å²) in [5, 5.41) is 0. The number of hydrogen-bond acceptors (Lipinski definition) is 3. The van der Waals surface area contributed by atoms with Gasteiger partial charge in [0.05, 0.1) is 11.6 Å². The molecule has 0 aromatic carbocycles. The van der Waals surface area contributed by atoms with Crippen LogP contribution in [0.4, 0.5) is 5.82 Å². The Balaban J connectivity index is 2.09. The molecule has 1 heterocycles. The number of rotatable bonds is 5. The Labute approximate surface area is 115 Å². The molecular formula is C14H22ClN3. The van der Waals surface area contributed by atoms with Crippen LogP contribution in [0, 0.1) is 0 Å². The van der Waals surface area contributed by atoms with E-state index in [1.807, 2.05) is 12.1 Å². The Morgan fingerprint density at radius 3 is 2.50 bits per heavy atom. The van der Waals surface area contributed by atoms with Crippen molar-refractivity contribution in [3.63, 3.8) is 0 Å². The van der Waals surface area contributed by atoms with Crippen LogP contribution in [-0.2, 0) is 5.88 Å². The molecule has 0 amide bonds. The summed E-state index contributed by atoms with van der Waals surface area (Å²) in [5.41, 5.74) is 1.27. The number of hydrogen-bond donors (Lipinski definition) is 0. The smallest absolute Gasteiger partial charge is 0.128 e. The van der Waals surface area contributed by atoms with Crippen molar-refractivity contribution in [2.24, 2.45) is 0 Å². The van der Waals surface area contributed by atoms with E-state index in [9.17, 15) is 0 Å². The minimum atomic E-state index is 0.327. The van der Waals surface area contributed by atoms with Crippen molar-refractivity contribution in [2.45, 2.75) is 30.7 Å². The molecule has 1 aliphatic rings. The summed E-state index contributed by atoms with van der Waals surface area (Å²) in [7, 11) is 6.47. The molecule has 0 radical (unpaired) electrons. The van der Waals surface area contributed by atoms with Gasteiger partial charge in [-0.25, -0.2) is 4.98 Å². The number of nitrogens with zero attached hydrogens (tertiary/aromatic N) is 3. The molecule has 18 heavy (non-hydrogen) atoms. The summed E-state index contributed by atoms with van der Waals surface area (Å²) in [6.45, 7) is 1.03. The van der Waals surface area contributed by atoms with Crippen LogP contribution < -0.4 is 4.90 Å². The van der Waals surface area contributed by atoms with Crippen molar-refractivity contribution in [2.75, 3.05) is 32.6 Å². The zero-order valence-electron chi connectivity index (χ0n) is 11.5. The fourth-order valence-electron chi connectivity index (χ4n) is 2.61. The highest BCUT2D eigenvalue weighted by atomic mass is 35.5. The fraction of sp³-hybridized carbons (Fsp3) is 0.643. The maximum absolute atomic E-state index is 5.84. The predicted octanol–water partition coefficient (Wildman–Crippen LogP) is 2.74. The lowest BCUT2D eigenvalue weighted by molar-refractivity contribution is 0.0682. The number of pyridine rings is 1. The van der Waals surface area contributed by atoms with Crippen LogP contribution in [0.5, 0.6) is 0 Å². The number of halogens is 1. The van der Waals surface area contributed by atoms with Crippen molar-refractivity contribution in [1.29, 1.82) is 0 Å². The van der Waals surface area contributed by atoms with Gasteiger partial charge in [0.15, 0.2) is 0 Å². The van der Waals surface area contributed by atoms with Gasteiger partial charge in [0.25, 0.3) is 0 Å². The molecule has 1 aromatic heterocycles. The lowest BCUT2D eigenvalue weighted by Gasteiger charge is -2.49. The van der Waals surface area contributed by atoms with Crippen molar-refractivity contribution in [3.05, 3.63) is 23.9 Å². The van der Waals surface area contributed by atoms with Crippen LogP contribution >= 0.6 is 11.6 Å². The Morgan fingerprint density at radius 2 is 2.00 bits per heavy atom. The minimum Gasteiger partial charge on any atom is -0.358 e. The summed E-state index contributed by atoms with van der Waals surface area (Å²) < 4.78 is 0. The van der Waals surface area contributed by atoms with Crippen LogP contribution in [-0.4, -0.2) is 43.1 Å². The summed E-state index contributed by atoms with van der Waals surface area (Å²) in [5.74, 6) is 1.49. The van der Waals surface area contributed by atoms with Crippen molar-refractivity contribution >= 4 is 17.4 Å². The molecule has 0 aliphatic heterocycles. The second kappa shape index (κ2) is 5.45. The molecule has 0 spiro atoms. The normalized spacial score (nSPS) is 17.6. The van der Waals surface area contributed by atoms with Crippen LogP contribution in [0.15, 0.2) is 18.2 Å². The van der Waals surface area contributed by atoms with Crippen molar-refractivity contribution < 1.29 is 0 Å². The van der Waals surface area contributed by atoms with E-state index >= 15 is 0 Å². The predicted molar refractivity (Wildman–Crippen MR) is 77.3 cm³/mol. The van der Waals surface area contributed by atoms with E-state index in [2.05, 4.69) is 42.0 Å². The van der Waals surface area contributed by atoms with E-state index in [1.165, 1.54) is 19.3 Å². The molecule has 0 saturated heterocycles. The van der Waals surface area contributed by atoms with E-state index in [0.29, 0.717) is 11.4 Å². The summed E-state index contributed by atoms with van der Waals surface area (Å²) in [6.07, 6.45) is 3.89. The molecule has 3 nitrogen and oxygen atoms in total. The van der Waals surface area contributed by atoms with Crippen LogP contribution in [0.2, 0.25) is 0 Å². The van der Waals surface area contributed by atoms with E-state index in [1.54, 1.807) is 0 Å². The van der Waals surface area contributed by atoms with Gasteiger partial charge >= 0.3 is 0 Å². The molecule has 0 bridgehead atoms. The van der Waals surface area contributed by atoms with E-state index in [-0.39, 0.29) is 0 Å². The van der Waals surface area contributed by atoms with Crippen molar-refractivity contribution in [3.8, 4) is 0 Å². The topological polar surface area (TPSA) is 19.4 Å². The molecule has 4 heteroatoms. The lowest BCUT2D eigenvalue weighted by atomic mass is 9.75. The van der Waals surface area contributed by atoms with Gasteiger partial charge in [-0.15, -0.1) is 11.6 Å². The molecule has 1 fully saturated rings. The van der Waals surface area contributed by atoms with Crippen LogP contribution in [0.3, 0.4) is 0 Å². The lowest BCUT2D eigenvalue weighted by Crippen LogP contribution is -2.56. The van der Waals surface area contributed by atoms with Crippen molar-refractivity contribution in [1.82, 2.24) is 9.88 Å². The molecule has 100 valence electrons. The first-order valence-corrected chi connectivity index (χ1v) is 7.01. The van der Waals surface area contributed by atoms with Gasteiger partial charge in [-0.05, 0) is 45.5 Å². The standard InChI is InChI=1S/C14H22ClN3/c1-17(2)14(8-5-9-14)11-18(3)13-7-4-6-12(10-15)16-13/h4,6-7H,5,8-11H2,1-3H3. The Hall–Kier alpha value is -0.800. The first-order valence-electron chi connectivity index (χ1n) is 6.48. The first kappa shape index (κ1) is 13.6. The average molecular weight is 268 g/mol. The number of alkyl halides is 1. The highest BCUT2D eigenvalue weighted by molar-refractivity contribution is 6.16. The average Bonchev–Trinajstić information content (AvgIpc) is 2.33. The number of likely N-dealkylation sites (N-methyl/N-ethyl adjacent to an activating group) is 2. The van der Waals surface area contributed by atoms with Gasteiger partial charge in [0.2, 0.25) is 0 Å². The van der Waals surface area contributed by atoms with Gasteiger partial charge in [0.1, 0.15) is 5.82 Å². The largest absolute Gasteiger partial charge is 0.358 e. The molecule has 0 N–H and O–H groups in total. The summed E-state index contributed by atoms with van der Waals surface area (Å²) in [6, 6.07) is 6.05. The molecule has 2 rings (SSSR count).